The molecule has 192 valence electrons. The maximum Gasteiger partial charge on any atom is 0.339 e. The van der Waals surface area contributed by atoms with E-state index in [1.807, 2.05) is 70.2 Å². The number of ether oxygens (including phenoxy) is 1. The quantitative estimate of drug-likeness (QED) is 0.291. The molecule has 3 rings (SSSR count). The van der Waals surface area contributed by atoms with E-state index in [0.29, 0.717) is 13.0 Å². The van der Waals surface area contributed by atoms with Crippen LogP contribution in [-0.2, 0) is 26.1 Å². The lowest BCUT2D eigenvalue weighted by atomic mass is 9.80. The summed E-state index contributed by atoms with van der Waals surface area (Å²) in [5, 5.41) is 0. The van der Waals surface area contributed by atoms with Gasteiger partial charge in [0.2, 0.25) is 0 Å². The van der Waals surface area contributed by atoms with Crippen molar-refractivity contribution in [2.24, 2.45) is 11.7 Å². The van der Waals surface area contributed by atoms with Crippen LogP contribution in [0.4, 0.5) is 0 Å². The average Bonchev–Trinajstić information content (AvgIpc) is 2.81. The van der Waals surface area contributed by atoms with Gasteiger partial charge in [-0.05, 0) is 87.9 Å². The third kappa shape index (κ3) is 7.93. The molecule has 6 nitrogen and oxygen atoms in total. The maximum absolute atomic E-state index is 12.7. The van der Waals surface area contributed by atoms with E-state index < -0.39 is 15.7 Å². The van der Waals surface area contributed by atoms with Crippen molar-refractivity contribution >= 4 is 16.1 Å². The summed E-state index contributed by atoms with van der Waals surface area (Å²) in [7, 11) is -3.95. The maximum atomic E-state index is 12.7. The molecule has 0 bridgehead atoms. The minimum atomic E-state index is -3.95. The van der Waals surface area contributed by atoms with Crippen LogP contribution in [0.15, 0.2) is 83.8 Å². The second-order valence-electron chi connectivity index (χ2n) is 10.0. The second kappa shape index (κ2) is 11.7. The van der Waals surface area contributed by atoms with Crippen LogP contribution in [0.2, 0.25) is 0 Å². The Morgan fingerprint density at radius 2 is 1.53 bits per heavy atom. The smallest absolute Gasteiger partial charge is 0.339 e. The van der Waals surface area contributed by atoms with E-state index in [-0.39, 0.29) is 34.9 Å². The van der Waals surface area contributed by atoms with Crippen molar-refractivity contribution in [3.63, 3.8) is 0 Å². The number of hydrogen-bond donors (Lipinski definition) is 1. The van der Waals surface area contributed by atoms with Gasteiger partial charge >= 0.3 is 16.1 Å². The highest BCUT2D eigenvalue weighted by molar-refractivity contribution is 7.87. The number of benzene rings is 3. The van der Waals surface area contributed by atoms with Gasteiger partial charge in [0.25, 0.3) is 0 Å². The van der Waals surface area contributed by atoms with Gasteiger partial charge in [-0.25, -0.2) is 0 Å². The first kappa shape index (κ1) is 27.4. The summed E-state index contributed by atoms with van der Waals surface area (Å²) in [6, 6.07) is 23.5. The summed E-state index contributed by atoms with van der Waals surface area (Å²) in [6.45, 7) is 7.71. The zero-order valence-corrected chi connectivity index (χ0v) is 22.1. The first-order valence-electron chi connectivity index (χ1n) is 12.0. The van der Waals surface area contributed by atoms with Crippen LogP contribution in [0.25, 0.3) is 0 Å². The fraction of sp³-hybridized carbons (Fsp3) is 0.345. The van der Waals surface area contributed by atoms with E-state index in [4.69, 9.17) is 14.7 Å². The predicted molar refractivity (Wildman–Crippen MR) is 141 cm³/mol. The molecule has 0 radical (unpaired) electrons. The molecule has 0 fully saturated rings. The van der Waals surface area contributed by atoms with E-state index >= 15 is 0 Å². The molecular formula is C29H35NO5S. The van der Waals surface area contributed by atoms with Crippen molar-refractivity contribution in [2.75, 3.05) is 6.54 Å². The number of nitrogens with two attached hydrogens (primary N) is 1. The molecule has 2 N–H and O–H groups in total. The highest BCUT2D eigenvalue weighted by Gasteiger charge is 2.28. The minimum absolute atomic E-state index is 0.0762. The Labute approximate surface area is 214 Å². The summed E-state index contributed by atoms with van der Waals surface area (Å²) in [5.41, 5.74) is 8.60. The molecule has 0 aliphatic heterocycles. The van der Waals surface area contributed by atoms with Gasteiger partial charge in [0.15, 0.2) is 0 Å². The van der Waals surface area contributed by atoms with E-state index in [0.717, 1.165) is 16.7 Å². The zero-order valence-electron chi connectivity index (χ0n) is 21.3. The molecule has 7 heteroatoms. The number of carbonyl (C=O) groups is 1. The largest absolute Gasteiger partial charge is 0.460 e. The lowest BCUT2D eigenvalue weighted by molar-refractivity contribution is -0.156. The second-order valence-corrected chi connectivity index (χ2v) is 11.5. The van der Waals surface area contributed by atoms with E-state index in [1.54, 1.807) is 24.3 Å². The highest BCUT2D eigenvalue weighted by atomic mass is 32.2. The number of carbonyl (C=O) groups excluding carboxylic acids is 1. The third-order valence-electron chi connectivity index (χ3n) is 5.84. The Kier molecular flexibility index (Phi) is 8.93. The fourth-order valence-corrected chi connectivity index (χ4v) is 4.99. The lowest BCUT2D eigenvalue weighted by Gasteiger charge is -2.28. The van der Waals surface area contributed by atoms with Gasteiger partial charge in [-0.1, -0.05) is 60.2 Å². The van der Waals surface area contributed by atoms with Gasteiger partial charge in [0, 0.05) is 0 Å². The zero-order chi connectivity index (χ0) is 26.3. The van der Waals surface area contributed by atoms with Crippen LogP contribution < -0.4 is 9.92 Å². The fourth-order valence-electron chi connectivity index (χ4n) is 4.06. The van der Waals surface area contributed by atoms with Crippen LogP contribution in [0.1, 0.15) is 49.8 Å². The summed E-state index contributed by atoms with van der Waals surface area (Å²) >= 11 is 0. The van der Waals surface area contributed by atoms with Crippen molar-refractivity contribution in [1.82, 2.24) is 0 Å². The number of esters is 1. The Morgan fingerprint density at radius 1 is 0.917 bits per heavy atom. The minimum Gasteiger partial charge on any atom is -0.460 e. The molecule has 0 aliphatic carbocycles. The average molecular weight is 510 g/mol. The van der Waals surface area contributed by atoms with Gasteiger partial charge in [0.05, 0.1) is 6.42 Å². The third-order valence-corrected chi connectivity index (χ3v) is 7.10. The van der Waals surface area contributed by atoms with Gasteiger partial charge in [0.1, 0.15) is 16.2 Å². The molecule has 0 saturated carbocycles. The van der Waals surface area contributed by atoms with Crippen LogP contribution in [0, 0.1) is 12.8 Å². The van der Waals surface area contributed by atoms with Crippen molar-refractivity contribution < 1.29 is 22.1 Å². The standard InChI is InChI=1S/C29H35NO5S/c1-21-10-16-26(17-11-21)36(32,33)35-25-14-12-23(13-15-25)27(18-22-8-6-5-7-9-22)24(20-30)19-28(31)34-29(2,3)4/h5-17,24,27H,18-20,30H2,1-4H3. The predicted octanol–water partition coefficient (Wildman–Crippen LogP) is 5.40. The normalized spacial score (nSPS) is 13.6. The number of aryl methyl sites for hydroxylation is 1. The molecular weight excluding hydrogens is 474 g/mol. The molecule has 3 aromatic carbocycles. The molecule has 0 saturated heterocycles. The van der Waals surface area contributed by atoms with Crippen molar-refractivity contribution in [3.8, 4) is 5.75 Å². The summed E-state index contributed by atoms with van der Waals surface area (Å²) in [4.78, 5) is 12.7. The highest BCUT2D eigenvalue weighted by Crippen LogP contribution is 2.33. The Bertz CT molecular complexity index is 1230. The molecule has 0 aromatic heterocycles. The van der Waals surface area contributed by atoms with Crippen molar-refractivity contribution in [2.45, 2.75) is 57.0 Å². The molecule has 0 aliphatic rings. The molecule has 2 unspecified atom stereocenters. The van der Waals surface area contributed by atoms with Crippen LogP contribution in [0.3, 0.4) is 0 Å². The Balaban J connectivity index is 1.84. The van der Waals surface area contributed by atoms with Gasteiger partial charge in [-0.2, -0.15) is 8.42 Å². The topological polar surface area (TPSA) is 95.7 Å². The van der Waals surface area contributed by atoms with Gasteiger partial charge in [-0.15, -0.1) is 0 Å². The molecule has 0 spiro atoms. The number of hydrogen-bond acceptors (Lipinski definition) is 6. The van der Waals surface area contributed by atoms with Crippen LogP contribution >= 0.6 is 0 Å². The van der Waals surface area contributed by atoms with Crippen LogP contribution in [0.5, 0.6) is 5.75 Å². The first-order valence-corrected chi connectivity index (χ1v) is 13.4. The molecule has 2 atom stereocenters. The van der Waals surface area contributed by atoms with Crippen LogP contribution in [-0.4, -0.2) is 26.5 Å². The SMILES string of the molecule is Cc1ccc(S(=O)(=O)Oc2ccc(C(Cc3ccccc3)C(CN)CC(=O)OC(C)(C)C)cc2)cc1. The van der Waals surface area contributed by atoms with E-state index in [1.165, 1.54) is 12.1 Å². The Hall–Kier alpha value is -3.16. The van der Waals surface area contributed by atoms with Gasteiger partial charge < -0.3 is 14.7 Å². The van der Waals surface area contributed by atoms with E-state index in [9.17, 15) is 13.2 Å². The monoisotopic (exact) mass is 509 g/mol. The molecule has 3 aromatic rings. The van der Waals surface area contributed by atoms with E-state index in [2.05, 4.69) is 0 Å². The molecule has 36 heavy (non-hydrogen) atoms. The van der Waals surface area contributed by atoms with Crippen molar-refractivity contribution in [1.29, 1.82) is 0 Å². The summed E-state index contributed by atoms with van der Waals surface area (Å²) in [6.07, 6.45) is 0.860. The molecule has 0 amide bonds. The van der Waals surface area contributed by atoms with Gasteiger partial charge in [-0.3, -0.25) is 4.79 Å². The lowest BCUT2D eigenvalue weighted by Crippen LogP contribution is -2.30. The molecule has 0 heterocycles. The first-order chi connectivity index (χ1) is 17.0. The summed E-state index contributed by atoms with van der Waals surface area (Å²) < 4.78 is 36.3. The number of rotatable bonds is 10. The summed E-state index contributed by atoms with van der Waals surface area (Å²) in [5.74, 6) is -0.315. The van der Waals surface area contributed by atoms with Crippen molar-refractivity contribution in [3.05, 3.63) is 95.6 Å². The Morgan fingerprint density at radius 3 is 2.08 bits per heavy atom.